The van der Waals surface area contributed by atoms with Crippen molar-refractivity contribution in [2.45, 2.75) is 88.0 Å². The average Bonchev–Trinajstić information content (AvgIpc) is 3.74. The largest absolute Gasteiger partial charge is 0.315 e. The van der Waals surface area contributed by atoms with Gasteiger partial charge in [-0.25, -0.2) is 0 Å². The van der Waals surface area contributed by atoms with E-state index in [1.807, 2.05) is 33.8 Å². The highest BCUT2D eigenvalue weighted by molar-refractivity contribution is 6.10. The van der Waals surface area contributed by atoms with Crippen LogP contribution in [0.5, 0.6) is 0 Å². The quantitative estimate of drug-likeness (QED) is 0.167. The van der Waals surface area contributed by atoms with E-state index in [4.69, 9.17) is 0 Å². The fraction of sp³-hybridized carbons (Fsp3) is 0.255. The Kier molecular flexibility index (Phi) is 13.3. The summed E-state index contributed by atoms with van der Waals surface area (Å²) < 4.78 is 2.39. The van der Waals surface area contributed by atoms with Crippen molar-refractivity contribution in [1.29, 1.82) is 0 Å². The highest BCUT2D eigenvalue weighted by Crippen LogP contribution is 2.53. The van der Waals surface area contributed by atoms with Gasteiger partial charge in [0.05, 0.1) is 11.2 Å². The minimum absolute atomic E-state index is 0.0444. The molecule has 56 heavy (non-hydrogen) atoms. The molecule has 0 saturated heterocycles. The topological polar surface area (TPSA) is 4.93 Å². The van der Waals surface area contributed by atoms with Gasteiger partial charge in [-0.2, -0.15) is 0 Å². The Morgan fingerprint density at radius 1 is 0.804 bits per heavy atom. The number of hydrogen-bond acceptors (Lipinski definition) is 0. The lowest BCUT2D eigenvalue weighted by molar-refractivity contribution is 0.704. The first-order valence-electron chi connectivity index (χ1n) is 20.7. The van der Waals surface area contributed by atoms with Crippen molar-refractivity contribution in [3.63, 3.8) is 0 Å². The smallest absolute Gasteiger partial charge is 0.0611 e. The Labute approximate surface area is 337 Å². The Morgan fingerprint density at radius 2 is 1.45 bits per heavy atom. The summed E-state index contributed by atoms with van der Waals surface area (Å²) in [5.41, 5.74) is 20.8. The zero-order valence-corrected chi connectivity index (χ0v) is 35.8. The number of benzene rings is 3. The standard InChI is InChI=1S/C51H49N.2C2H6/c1-10-22-39-35(12-3)34(7)49(37(39)14-5)36(13-4)33(6)38-28-21-31-48(42-26-16-15-24-40(38)42)52-32-45(43-27-18-20-30-47(43)52)50-44(23-11-2)41-25-17-19-29-46(41)51(50,8)9;2*1-2/h11-20,22-33H,4,7,10H2,1-3,5-6,8-9H3;2*1-2H3/b23-11-,35-12-,37-14-,39-22?,49-36-;;. The van der Waals surface area contributed by atoms with Gasteiger partial charge in [-0.05, 0) is 106 Å². The Balaban J connectivity index is 0.00000145. The van der Waals surface area contributed by atoms with E-state index in [1.165, 1.54) is 82.6 Å². The van der Waals surface area contributed by atoms with Gasteiger partial charge in [0.15, 0.2) is 0 Å². The fourth-order valence-corrected chi connectivity index (χ4v) is 8.94. The second kappa shape index (κ2) is 17.9. The monoisotopic (exact) mass is 735 g/mol. The zero-order valence-electron chi connectivity index (χ0n) is 35.8. The summed E-state index contributed by atoms with van der Waals surface area (Å²) >= 11 is 0. The summed E-state index contributed by atoms with van der Waals surface area (Å²) in [4.78, 5) is 0. The van der Waals surface area contributed by atoms with Crippen LogP contribution in [0.3, 0.4) is 0 Å². The lowest BCUT2D eigenvalue weighted by Gasteiger charge is -2.25. The van der Waals surface area contributed by atoms with E-state index in [9.17, 15) is 0 Å². The van der Waals surface area contributed by atoms with E-state index < -0.39 is 0 Å². The van der Waals surface area contributed by atoms with Crippen LogP contribution in [-0.4, -0.2) is 4.57 Å². The van der Waals surface area contributed by atoms with Crippen molar-refractivity contribution in [2.75, 3.05) is 0 Å². The van der Waals surface area contributed by atoms with Crippen LogP contribution in [0.15, 0.2) is 180 Å². The van der Waals surface area contributed by atoms with Gasteiger partial charge >= 0.3 is 0 Å². The van der Waals surface area contributed by atoms with Gasteiger partial charge in [-0.1, -0.05) is 172 Å². The van der Waals surface area contributed by atoms with Crippen LogP contribution in [0.25, 0.3) is 33.3 Å². The average molecular weight is 736 g/mol. The molecule has 1 fully saturated rings. The zero-order chi connectivity index (χ0) is 40.7. The summed E-state index contributed by atoms with van der Waals surface area (Å²) in [6.45, 7) is 32.6. The van der Waals surface area contributed by atoms with Crippen LogP contribution in [-0.2, 0) is 5.41 Å². The minimum Gasteiger partial charge on any atom is -0.315 e. The molecule has 0 radical (unpaired) electrons. The van der Waals surface area contributed by atoms with Crippen LogP contribution in [0.4, 0.5) is 0 Å². The fourth-order valence-electron chi connectivity index (χ4n) is 8.94. The molecular formula is C55H61N. The number of rotatable bonds is 7. The third-order valence-electron chi connectivity index (χ3n) is 11.2. The molecule has 286 valence electrons. The SMILES string of the molecule is C=C/C(=C1\C(=C)/C(=C/C)C(=CCC)\C1=C\C)C(C)C1=c2ccccc2=C(n2cc(C3=C(/C=C\C)c4ccccc4C3(C)C)c3ccccc32)C=C=C1.CC.CC. The van der Waals surface area contributed by atoms with Crippen LogP contribution in [0.2, 0.25) is 0 Å². The van der Waals surface area contributed by atoms with E-state index in [0.29, 0.717) is 0 Å². The van der Waals surface area contributed by atoms with E-state index in [2.05, 4.69) is 193 Å². The molecule has 0 bridgehead atoms. The van der Waals surface area contributed by atoms with Crippen molar-refractivity contribution >= 4 is 33.3 Å². The molecule has 1 saturated carbocycles. The van der Waals surface area contributed by atoms with Gasteiger partial charge in [-0.3, -0.25) is 0 Å². The van der Waals surface area contributed by atoms with Crippen LogP contribution < -0.4 is 10.4 Å². The van der Waals surface area contributed by atoms with Crippen molar-refractivity contribution in [1.82, 2.24) is 4.57 Å². The molecule has 1 heterocycles. The lowest BCUT2D eigenvalue weighted by Crippen LogP contribution is -2.31. The number of hydrogen-bond donors (Lipinski definition) is 0. The van der Waals surface area contributed by atoms with Crippen molar-refractivity contribution in [3.8, 4) is 0 Å². The highest BCUT2D eigenvalue weighted by atomic mass is 15.0. The Morgan fingerprint density at radius 3 is 2.11 bits per heavy atom. The first-order valence-corrected chi connectivity index (χ1v) is 20.7. The van der Waals surface area contributed by atoms with Gasteiger partial charge in [0.25, 0.3) is 0 Å². The third kappa shape index (κ3) is 6.91. The Bertz CT molecular complexity index is 2570. The molecule has 0 N–H and O–H groups in total. The maximum absolute atomic E-state index is 4.62. The van der Waals surface area contributed by atoms with E-state index in [1.54, 1.807) is 0 Å². The van der Waals surface area contributed by atoms with E-state index in [-0.39, 0.29) is 11.3 Å². The van der Waals surface area contributed by atoms with Gasteiger partial charge in [-0.15, -0.1) is 5.73 Å². The first-order chi connectivity index (χ1) is 27.2. The number of para-hydroxylation sites is 1. The molecule has 1 atom stereocenters. The molecule has 3 aliphatic carbocycles. The molecular weight excluding hydrogens is 675 g/mol. The molecule has 1 aromatic heterocycles. The molecule has 4 aromatic rings. The van der Waals surface area contributed by atoms with Gasteiger partial charge in [0.2, 0.25) is 0 Å². The third-order valence-corrected chi connectivity index (χ3v) is 11.2. The summed E-state index contributed by atoms with van der Waals surface area (Å²) in [7, 11) is 0. The molecule has 0 aliphatic heterocycles. The molecule has 7 rings (SSSR count). The normalized spacial score (nSPS) is 19.3. The van der Waals surface area contributed by atoms with Crippen LogP contribution >= 0.6 is 0 Å². The van der Waals surface area contributed by atoms with Gasteiger partial charge in [0.1, 0.15) is 0 Å². The maximum atomic E-state index is 4.62. The van der Waals surface area contributed by atoms with Crippen molar-refractivity contribution in [3.05, 3.63) is 207 Å². The summed E-state index contributed by atoms with van der Waals surface area (Å²) in [5.74, 6) is 0.0444. The minimum atomic E-state index is -0.165. The Hall–Kier alpha value is -5.62. The number of allylic oxidation sites excluding steroid dienone is 15. The second-order valence-corrected chi connectivity index (χ2v) is 14.4. The number of fused-ring (bicyclic) bond motifs is 3. The van der Waals surface area contributed by atoms with Crippen LogP contribution in [0, 0.1) is 5.92 Å². The number of nitrogens with zero attached hydrogens (tertiary/aromatic N) is 1. The molecule has 1 nitrogen and oxygen atoms in total. The molecule has 0 spiro atoms. The predicted molar refractivity (Wildman–Crippen MR) is 248 cm³/mol. The van der Waals surface area contributed by atoms with Crippen molar-refractivity contribution in [2.24, 2.45) is 5.92 Å². The first kappa shape index (κ1) is 41.5. The van der Waals surface area contributed by atoms with E-state index >= 15 is 0 Å². The highest BCUT2D eigenvalue weighted by Gasteiger charge is 2.39. The van der Waals surface area contributed by atoms with Crippen LogP contribution in [0.1, 0.15) is 99.3 Å². The lowest BCUT2D eigenvalue weighted by atomic mass is 9.78. The summed E-state index contributed by atoms with van der Waals surface area (Å²) in [6.07, 6.45) is 20.9. The molecule has 3 aliphatic rings. The van der Waals surface area contributed by atoms with Gasteiger partial charge < -0.3 is 4.57 Å². The maximum Gasteiger partial charge on any atom is 0.0611 e. The molecule has 0 amide bonds. The second-order valence-electron chi connectivity index (χ2n) is 14.4. The molecule has 1 unspecified atom stereocenters. The molecule has 3 aromatic carbocycles. The summed E-state index contributed by atoms with van der Waals surface area (Å²) in [5, 5.41) is 3.63. The van der Waals surface area contributed by atoms with Gasteiger partial charge in [0, 0.05) is 39.8 Å². The van der Waals surface area contributed by atoms with E-state index in [0.717, 1.165) is 17.7 Å². The molecule has 1 heteroatoms. The van der Waals surface area contributed by atoms with Crippen molar-refractivity contribution < 1.29 is 0 Å². The number of aromatic nitrogens is 1. The summed E-state index contributed by atoms with van der Waals surface area (Å²) in [6, 6.07) is 26.6. The predicted octanol–water partition coefficient (Wildman–Crippen LogP) is 13.9.